The standard InChI is InChI=1S/C21H32O2/c1-2-23-21(22)20-16-14-19(15-17-20)13-7-4-3-6-10-18-11-8-5-9-12-18/h14-18H,2-13H2,1H3. The monoisotopic (exact) mass is 316 g/mol. The van der Waals surface area contributed by atoms with E-state index in [0.29, 0.717) is 12.2 Å². The van der Waals surface area contributed by atoms with Crippen LogP contribution < -0.4 is 0 Å². The van der Waals surface area contributed by atoms with Crippen LogP contribution in [0.1, 0.15) is 87.1 Å². The number of benzene rings is 1. The molecule has 0 N–H and O–H groups in total. The van der Waals surface area contributed by atoms with Gasteiger partial charge in [-0.25, -0.2) is 4.79 Å². The molecule has 0 aromatic heterocycles. The summed E-state index contributed by atoms with van der Waals surface area (Å²) in [6.07, 6.45) is 15.3. The Kier molecular flexibility index (Phi) is 8.20. The molecule has 0 atom stereocenters. The van der Waals surface area contributed by atoms with E-state index < -0.39 is 0 Å². The van der Waals surface area contributed by atoms with Crippen molar-refractivity contribution in [3.05, 3.63) is 35.4 Å². The lowest BCUT2D eigenvalue weighted by molar-refractivity contribution is 0.0526. The molecule has 1 fully saturated rings. The van der Waals surface area contributed by atoms with Crippen LogP contribution in [0.25, 0.3) is 0 Å². The van der Waals surface area contributed by atoms with Crippen LogP contribution in [-0.4, -0.2) is 12.6 Å². The number of carbonyl (C=O) groups excluding carboxylic acids is 1. The molecule has 0 unspecified atom stereocenters. The smallest absolute Gasteiger partial charge is 0.338 e. The Labute approximate surface area is 141 Å². The Balaban J connectivity index is 1.56. The van der Waals surface area contributed by atoms with Gasteiger partial charge in [-0.05, 0) is 43.4 Å². The van der Waals surface area contributed by atoms with Gasteiger partial charge in [0.1, 0.15) is 0 Å². The fraction of sp³-hybridized carbons (Fsp3) is 0.667. The first-order chi connectivity index (χ1) is 11.3. The van der Waals surface area contributed by atoms with Gasteiger partial charge in [0, 0.05) is 0 Å². The second kappa shape index (κ2) is 10.5. The molecular formula is C21H32O2. The maximum atomic E-state index is 11.6. The Morgan fingerprint density at radius 2 is 1.70 bits per heavy atom. The van der Waals surface area contributed by atoms with Crippen molar-refractivity contribution < 1.29 is 9.53 Å². The number of ether oxygens (including phenoxy) is 1. The van der Waals surface area contributed by atoms with E-state index in [1.54, 1.807) is 0 Å². The van der Waals surface area contributed by atoms with Crippen LogP contribution in [0, 0.1) is 5.92 Å². The molecular weight excluding hydrogens is 284 g/mol. The lowest BCUT2D eigenvalue weighted by Crippen LogP contribution is -2.05. The highest BCUT2D eigenvalue weighted by atomic mass is 16.5. The minimum absolute atomic E-state index is 0.221. The van der Waals surface area contributed by atoms with E-state index in [0.717, 1.165) is 12.3 Å². The highest BCUT2D eigenvalue weighted by Gasteiger charge is 2.12. The third kappa shape index (κ3) is 6.76. The van der Waals surface area contributed by atoms with Crippen LogP contribution in [0.2, 0.25) is 0 Å². The van der Waals surface area contributed by atoms with E-state index in [2.05, 4.69) is 12.1 Å². The van der Waals surface area contributed by atoms with Crippen molar-refractivity contribution >= 4 is 5.97 Å². The first-order valence-electron chi connectivity index (χ1n) is 9.55. The summed E-state index contributed by atoms with van der Waals surface area (Å²) in [6.45, 7) is 2.27. The summed E-state index contributed by atoms with van der Waals surface area (Å²) < 4.78 is 5.00. The van der Waals surface area contributed by atoms with Crippen molar-refractivity contribution in [2.24, 2.45) is 5.92 Å². The number of unbranched alkanes of at least 4 members (excludes halogenated alkanes) is 3. The van der Waals surface area contributed by atoms with Gasteiger partial charge in [0.25, 0.3) is 0 Å². The van der Waals surface area contributed by atoms with Gasteiger partial charge in [0.2, 0.25) is 0 Å². The minimum atomic E-state index is -0.221. The van der Waals surface area contributed by atoms with Crippen molar-refractivity contribution in [1.82, 2.24) is 0 Å². The average molecular weight is 316 g/mol. The number of carbonyl (C=O) groups is 1. The van der Waals surface area contributed by atoms with E-state index in [1.807, 2.05) is 19.1 Å². The fourth-order valence-electron chi connectivity index (χ4n) is 3.61. The zero-order valence-electron chi connectivity index (χ0n) is 14.7. The second-order valence-electron chi connectivity index (χ2n) is 6.87. The third-order valence-corrected chi connectivity index (χ3v) is 5.02. The van der Waals surface area contributed by atoms with Crippen LogP contribution >= 0.6 is 0 Å². The topological polar surface area (TPSA) is 26.3 Å². The molecule has 0 bridgehead atoms. The Bertz CT molecular complexity index is 443. The van der Waals surface area contributed by atoms with E-state index >= 15 is 0 Å². The molecule has 0 radical (unpaired) electrons. The number of esters is 1. The summed E-state index contributed by atoms with van der Waals surface area (Å²) in [6, 6.07) is 7.90. The highest BCUT2D eigenvalue weighted by molar-refractivity contribution is 5.89. The first kappa shape index (κ1) is 18.0. The largest absolute Gasteiger partial charge is 0.462 e. The summed E-state index contributed by atoms with van der Waals surface area (Å²) in [4.78, 5) is 11.6. The lowest BCUT2D eigenvalue weighted by atomic mass is 9.85. The van der Waals surface area contributed by atoms with Gasteiger partial charge in [0.15, 0.2) is 0 Å². The highest BCUT2D eigenvalue weighted by Crippen LogP contribution is 2.28. The van der Waals surface area contributed by atoms with Crippen LogP contribution in [0.3, 0.4) is 0 Å². The second-order valence-corrected chi connectivity index (χ2v) is 6.87. The van der Waals surface area contributed by atoms with E-state index in [4.69, 9.17) is 4.74 Å². The summed E-state index contributed by atoms with van der Waals surface area (Å²) in [7, 11) is 0. The molecule has 1 aromatic carbocycles. The number of rotatable bonds is 9. The fourth-order valence-corrected chi connectivity index (χ4v) is 3.61. The van der Waals surface area contributed by atoms with Crippen LogP contribution in [0.4, 0.5) is 0 Å². The van der Waals surface area contributed by atoms with Gasteiger partial charge in [-0.2, -0.15) is 0 Å². The molecule has 2 nitrogen and oxygen atoms in total. The van der Waals surface area contributed by atoms with Crippen molar-refractivity contribution in [2.75, 3.05) is 6.61 Å². The first-order valence-corrected chi connectivity index (χ1v) is 9.55. The molecule has 2 heteroatoms. The molecule has 0 spiro atoms. The SMILES string of the molecule is CCOC(=O)c1ccc(CCCCCCC2CCCCC2)cc1. The summed E-state index contributed by atoms with van der Waals surface area (Å²) in [5.74, 6) is 0.806. The van der Waals surface area contributed by atoms with E-state index in [1.165, 1.54) is 69.8 Å². The minimum Gasteiger partial charge on any atom is -0.462 e. The summed E-state index contributed by atoms with van der Waals surface area (Å²) in [5.41, 5.74) is 1.98. The molecule has 0 saturated heterocycles. The normalized spacial score (nSPS) is 15.5. The van der Waals surface area contributed by atoms with Crippen molar-refractivity contribution in [1.29, 1.82) is 0 Å². The van der Waals surface area contributed by atoms with Gasteiger partial charge in [-0.3, -0.25) is 0 Å². The van der Waals surface area contributed by atoms with Crippen LogP contribution in [0.15, 0.2) is 24.3 Å². The Morgan fingerprint density at radius 1 is 1.00 bits per heavy atom. The number of hydrogen-bond acceptors (Lipinski definition) is 2. The average Bonchev–Trinajstić information content (AvgIpc) is 2.59. The summed E-state index contributed by atoms with van der Waals surface area (Å²) in [5, 5.41) is 0. The molecule has 2 rings (SSSR count). The van der Waals surface area contributed by atoms with Gasteiger partial charge in [-0.1, -0.05) is 69.9 Å². The predicted octanol–water partition coefficient (Wildman–Crippen LogP) is 5.94. The van der Waals surface area contributed by atoms with Gasteiger partial charge in [-0.15, -0.1) is 0 Å². The Morgan fingerprint density at radius 3 is 2.39 bits per heavy atom. The van der Waals surface area contributed by atoms with Gasteiger partial charge in [0.05, 0.1) is 12.2 Å². The molecule has 1 aromatic rings. The quantitative estimate of drug-likeness (QED) is 0.416. The maximum absolute atomic E-state index is 11.6. The lowest BCUT2D eigenvalue weighted by Gasteiger charge is -2.21. The molecule has 0 heterocycles. The molecule has 0 amide bonds. The maximum Gasteiger partial charge on any atom is 0.338 e. The molecule has 128 valence electrons. The van der Waals surface area contributed by atoms with Crippen LogP contribution in [0.5, 0.6) is 0 Å². The van der Waals surface area contributed by atoms with Crippen molar-refractivity contribution in [2.45, 2.75) is 77.6 Å². The molecule has 23 heavy (non-hydrogen) atoms. The molecule has 1 saturated carbocycles. The zero-order valence-corrected chi connectivity index (χ0v) is 14.7. The number of aryl methyl sites for hydroxylation is 1. The van der Waals surface area contributed by atoms with Crippen molar-refractivity contribution in [3.8, 4) is 0 Å². The zero-order chi connectivity index (χ0) is 16.3. The predicted molar refractivity (Wildman–Crippen MR) is 95.8 cm³/mol. The van der Waals surface area contributed by atoms with E-state index in [-0.39, 0.29) is 5.97 Å². The Hall–Kier alpha value is -1.31. The summed E-state index contributed by atoms with van der Waals surface area (Å²) >= 11 is 0. The van der Waals surface area contributed by atoms with Crippen molar-refractivity contribution in [3.63, 3.8) is 0 Å². The van der Waals surface area contributed by atoms with E-state index in [9.17, 15) is 4.79 Å². The van der Waals surface area contributed by atoms with Gasteiger partial charge >= 0.3 is 5.97 Å². The molecule has 1 aliphatic carbocycles. The third-order valence-electron chi connectivity index (χ3n) is 5.02. The van der Waals surface area contributed by atoms with Gasteiger partial charge < -0.3 is 4.74 Å². The molecule has 1 aliphatic rings. The molecule has 0 aliphatic heterocycles. The number of hydrogen-bond donors (Lipinski definition) is 0. The van der Waals surface area contributed by atoms with Crippen LogP contribution in [-0.2, 0) is 11.2 Å².